The standard InChI is InChI=1S/C16H20BrFN2O.ClH/c17-13-5-4-12(8-14(13)18)20-16(21)11-6-9-2-1-3-10(7-11)15(9)19;/h4-5,8-11,15H,1-3,6-7,19H2,(H,20,21);1H. The Bertz CT molecular complexity index is 543. The van der Waals surface area contributed by atoms with Gasteiger partial charge in [-0.2, -0.15) is 0 Å². The zero-order chi connectivity index (χ0) is 15.0. The van der Waals surface area contributed by atoms with Gasteiger partial charge in [0.15, 0.2) is 0 Å². The molecule has 122 valence electrons. The predicted octanol–water partition coefficient (Wildman–Crippen LogP) is 4.10. The van der Waals surface area contributed by atoms with Crippen molar-refractivity contribution >= 4 is 39.9 Å². The second kappa shape index (κ2) is 7.28. The van der Waals surface area contributed by atoms with E-state index >= 15 is 0 Å². The average molecular weight is 392 g/mol. The molecule has 1 amide bonds. The van der Waals surface area contributed by atoms with Gasteiger partial charge in [-0.25, -0.2) is 4.39 Å². The van der Waals surface area contributed by atoms with Gasteiger partial charge in [0.05, 0.1) is 4.47 Å². The van der Waals surface area contributed by atoms with Crippen LogP contribution in [-0.4, -0.2) is 11.9 Å². The first-order valence-corrected chi connectivity index (χ1v) is 8.35. The number of nitrogens with two attached hydrogens (primary N) is 1. The molecule has 0 heterocycles. The van der Waals surface area contributed by atoms with Gasteiger partial charge in [-0.1, -0.05) is 6.42 Å². The Kier molecular flexibility index (Phi) is 5.86. The van der Waals surface area contributed by atoms with Gasteiger partial charge >= 0.3 is 0 Å². The summed E-state index contributed by atoms with van der Waals surface area (Å²) in [6.07, 6.45) is 5.23. The molecular formula is C16H21BrClFN2O. The Morgan fingerprint density at radius 2 is 1.91 bits per heavy atom. The molecule has 0 radical (unpaired) electrons. The fourth-order valence-corrected chi connectivity index (χ4v) is 4.07. The zero-order valence-corrected chi connectivity index (χ0v) is 14.6. The molecular weight excluding hydrogens is 371 g/mol. The number of nitrogens with one attached hydrogen (secondary N) is 1. The number of hydrogen-bond acceptors (Lipinski definition) is 2. The van der Waals surface area contributed by atoms with E-state index in [-0.39, 0.29) is 36.1 Å². The van der Waals surface area contributed by atoms with E-state index in [0.717, 1.165) is 25.7 Å². The first kappa shape index (κ1) is 17.7. The highest BCUT2D eigenvalue weighted by atomic mass is 79.9. The van der Waals surface area contributed by atoms with E-state index in [1.165, 1.54) is 12.5 Å². The molecule has 3 N–H and O–H groups in total. The Morgan fingerprint density at radius 1 is 1.27 bits per heavy atom. The normalized spacial score (nSPS) is 30.3. The molecule has 0 saturated heterocycles. The molecule has 2 bridgehead atoms. The van der Waals surface area contributed by atoms with Gasteiger partial charge in [0.2, 0.25) is 5.91 Å². The average Bonchev–Trinajstić information content (AvgIpc) is 2.42. The molecule has 2 aliphatic rings. The van der Waals surface area contributed by atoms with Crippen LogP contribution >= 0.6 is 28.3 Å². The minimum Gasteiger partial charge on any atom is -0.327 e. The van der Waals surface area contributed by atoms with Crippen molar-refractivity contribution in [3.8, 4) is 0 Å². The zero-order valence-electron chi connectivity index (χ0n) is 12.2. The van der Waals surface area contributed by atoms with E-state index in [1.807, 2.05) is 0 Å². The summed E-state index contributed by atoms with van der Waals surface area (Å²) in [6, 6.07) is 4.92. The van der Waals surface area contributed by atoms with Crippen LogP contribution in [0.1, 0.15) is 32.1 Å². The van der Waals surface area contributed by atoms with Crippen LogP contribution in [0.3, 0.4) is 0 Å². The highest BCUT2D eigenvalue weighted by Gasteiger charge is 2.40. The van der Waals surface area contributed by atoms with Crippen molar-refractivity contribution in [1.29, 1.82) is 0 Å². The Hall–Kier alpha value is -0.650. The molecule has 2 aliphatic carbocycles. The van der Waals surface area contributed by atoms with E-state index in [9.17, 15) is 9.18 Å². The summed E-state index contributed by atoms with van der Waals surface area (Å²) in [4.78, 5) is 12.4. The number of fused-ring (bicyclic) bond motifs is 2. The van der Waals surface area contributed by atoms with E-state index in [0.29, 0.717) is 22.0 Å². The predicted molar refractivity (Wildman–Crippen MR) is 91.5 cm³/mol. The minimum absolute atomic E-state index is 0. The van der Waals surface area contributed by atoms with Crippen molar-refractivity contribution in [2.75, 3.05) is 5.32 Å². The Morgan fingerprint density at radius 3 is 2.50 bits per heavy atom. The maximum atomic E-state index is 13.5. The summed E-state index contributed by atoms with van der Waals surface area (Å²) >= 11 is 3.11. The fourth-order valence-electron chi connectivity index (χ4n) is 3.82. The second-order valence-corrected chi connectivity index (χ2v) is 7.17. The molecule has 3 nitrogen and oxygen atoms in total. The van der Waals surface area contributed by atoms with Gasteiger partial charge in [-0.15, -0.1) is 12.4 Å². The van der Waals surface area contributed by atoms with Crippen LogP contribution < -0.4 is 11.1 Å². The molecule has 2 fully saturated rings. The summed E-state index contributed by atoms with van der Waals surface area (Å²) < 4.78 is 13.9. The molecule has 0 aliphatic heterocycles. The highest BCUT2D eigenvalue weighted by Crippen LogP contribution is 2.42. The smallest absolute Gasteiger partial charge is 0.227 e. The number of benzene rings is 1. The second-order valence-electron chi connectivity index (χ2n) is 6.31. The van der Waals surface area contributed by atoms with Gasteiger partial charge in [-0.05, 0) is 71.6 Å². The molecule has 22 heavy (non-hydrogen) atoms. The molecule has 2 saturated carbocycles. The van der Waals surface area contributed by atoms with E-state index in [1.54, 1.807) is 12.1 Å². The third-order valence-electron chi connectivity index (χ3n) is 4.97. The van der Waals surface area contributed by atoms with Crippen LogP contribution in [0.15, 0.2) is 22.7 Å². The van der Waals surface area contributed by atoms with Crippen molar-refractivity contribution in [2.45, 2.75) is 38.1 Å². The van der Waals surface area contributed by atoms with Gasteiger partial charge < -0.3 is 11.1 Å². The quantitative estimate of drug-likeness (QED) is 0.797. The lowest BCUT2D eigenvalue weighted by atomic mass is 9.65. The van der Waals surface area contributed by atoms with Crippen molar-refractivity contribution in [3.63, 3.8) is 0 Å². The minimum atomic E-state index is -0.365. The van der Waals surface area contributed by atoms with E-state index in [2.05, 4.69) is 21.2 Å². The summed E-state index contributed by atoms with van der Waals surface area (Å²) in [5.41, 5.74) is 6.76. The first-order chi connectivity index (χ1) is 10.0. The van der Waals surface area contributed by atoms with Gasteiger partial charge in [-0.3, -0.25) is 4.79 Å². The van der Waals surface area contributed by atoms with Crippen molar-refractivity contribution in [2.24, 2.45) is 23.5 Å². The Labute approximate surface area is 144 Å². The number of carbonyl (C=O) groups excluding carboxylic acids is 1. The molecule has 6 heteroatoms. The number of amides is 1. The molecule has 2 unspecified atom stereocenters. The molecule has 0 spiro atoms. The van der Waals surface area contributed by atoms with Crippen LogP contribution in [0.2, 0.25) is 0 Å². The molecule has 3 rings (SSSR count). The van der Waals surface area contributed by atoms with Gasteiger partial charge in [0, 0.05) is 17.6 Å². The third-order valence-corrected chi connectivity index (χ3v) is 5.61. The van der Waals surface area contributed by atoms with Crippen molar-refractivity contribution in [1.82, 2.24) is 0 Å². The number of hydrogen-bond donors (Lipinski definition) is 2. The lowest BCUT2D eigenvalue weighted by molar-refractivity contribution is -0.122. The summed E-state index contributed by atoms with van der Waals surface area (Å²) in [7, 11) is 0. The monoisotopic (exact) mass is 390 g/mol. The van der Waals surface area contributed by atoms with E-state index in [4.69, 9.17) is 5.73 Å². The lowest BCUT2D eigenvalue weighted by Gasteiger charge is -2.43. The molecule has 2 atom stereocenters. The topological polar surface area (TPSA) is 55.1 Å². The maximum absolute atomic E-state index is 13.5. The van der Waals surface area contributed by atoms with Gasteiger partial charge in [0.1, 0.15) is 5.82 Å². The molecule has 1 aromatic rings. The maximum Gasteiger partial charge on any atom is 0.227 e. The number of anilines is 1. The number of rotatable bonds is 2. The van der Waals surface area contributed by atoms with Crippen LogP contribution in [0, 0.1) is 23.6 Å². The highest BCUT2D eigenvalue weighted by molar-refractivity contribution is 9.10. The van der Waals surface area contributed by atoms with Crippen LogP contribution in [0.25, 0.3) is 0 Å². The van der Waals surface area contributed by atoms with Crippen LogP contribution in [0.5, 0.6) is 0 Å². The van der Waals surface area contributed by atoms with Crippen molar-refractivity contribution in [3.05, 3.63) is 28.5 Å². The van der Waals surface area contributed by atoms with Crippen molar-refractivity contribution < 1.29 is 9.18 Å². The van der Waals surface area contributed by atoms with Gasteiger partial charge in [0.25, 0.3) is 0 Å². The van der Waals surface area contributed by atoms with Crippen LogP contribution in [0.4, 0.5) is 10.1 Å². The lowest BCUT2D eigenvalue weighted by Crippen LogP contribution is -2.48. The summed E-state index contributed by atoms with van der Waals surface area (Å²) in [6.45, 7) is 0. The molecule has 0 aromatic heterocycles. The largest absolute Gasteiger partial charge is 0.327 e. The summed E-state index contributed by atoms with van der Waals surface area (Å²) in [5.74, 6) is 0.576. The fraction of sp³-hybridized carbons (Fsp3) is 0.562. The summed E-state index contributed by atoms with van der Waals surface area (Å²) in [5, 5.41) is 2.84. The SMILES string of the molecule is Cl.NC1C2CCCC1CC(C(=O)Nc1ccc(Br)c(F)c1)C2. The number of carbonyl (C=O) groups is 1. The third kappa shape index (κ3) is 3.63. The Balaban J connectivity index is 0.00000176. The molecule has 1 aromatic carbocycles. The number of halogens is 3. The van der Waals surface area contributed by atoms with Crippen LogP contribution in [-0.2, 0) is 4.79 Å². The first-order valence-electron chi connectivity index (χ1n) is 7.56. The van der Waals surface area contributed by atoms with E-state index < -0.39 is 0 Å².